The Balaban J connectivity index is 1.52. The summed E-state index contributed by atoms with van der Waals surface area (Å²) in [5.74, 6) is -6.54. The highest BCUT2D eigenvalue weighted by atomic mass is 16.7. The fourth-order valence-electron chi connectivity index (χ4n) is 11.5. The van der Waals surface area contributed by atoms with Crippen molar-refractivity contribution < 1.29 is 76.9 Å². The topological polar surface area (TPSA) is 217 Å². The highest BCUT2D eigenvalue weighted by Crippen LogP contribution is 2.43. The number of aliphatic hydroxyl groups is 2. The molecule has 3 heterocycles. The molecule has 3 fully saturated rings. The number of carbonyl (C=O) groups is 4. The van der Waals surface area contributed by atoms with Gasteiger partial charge in [-0.3, -0.25) is 4.79 Å². The number of rotatable bonds is 16. The maximum Gasteiger partial charge on any atom is 0.365 e. The van der Waals surface area contributed by atoms with Crippen molar-refractivity contribution >= 4 is 29.6 Å². The van der Waals surface area contributed by atoms with E-state index in [1.165, 1.54) is 14.0 Å². The van der Waals surface area contributed by atoms with Crippen LogP contribution in [0.2, 0.25) is 0 Å². The minimum absolute atomic E-state index is 0.0154. The molecule has 0 aliphatic carbocycles. The summed E-state index contributed by atoms with van der Waals surface area (Å²) in [6, 6.07) is 25.1. The molecule has 6 rings (SSSR count). The number of methoxy groups -OCH3 is 1. The van der Waals surface area contributed by atoms with Gasteiger partial charge in [-0.2, -0.15) is 0 Å². The molecule has 3 aromatic carbocycles. The van der Waals surface area contributed by atoms with Crippen molar-refractivity contribution in [2.45, 2.75) is 179 Å². The molecule has 434 valence electrons. The first-order valence-corrected chi connectivity index (χ1v) is 27.4. The van der Waals surface area contributed by atoms with Gasteiger partial charge in [0.05, 0.1) is 77.1 Å². The van der Waals surface area contributed by atoms with E-state index in [0.717, 1.165) is 0 Å². The summed E-state index contributed by atoms with van der Waals surface area (Å²) in [4.78, 5) is 63.8. The second-order valence-corrected chi connectivity index (χ2v) is 22.4. The average Bonchev–Trinajstić information content (AvgIpc) is 3.59. The molecule has 0 aromatic heterocycles. The fraction of sp³-hybridized carbons (Fsp3) is 0.590. The Kier molecular flexibility index (Phi) is 21.8. The number of likely N-dealkylation sites (N-methyl/N-ethyl adjacent to an activating group) is 1. The van der Waals surface area contributed by atoms with E-state index < -0.39 is 132 Å². The number of aliphatic hydroxyl groups excluding tert-OH is 1. The lowest BCUT2D eigenvalue weighted by molar-refractivity contribution is -0.319. The Hall–Kier alpha value is -5.41. The summed E-state index contributed by atoms with van der Waals surface area (Å²) < 4.78 is 59.8. The number of cyclic esters (lactones) is 1. The van der Waals surface area contributed by atoms with E-state index >= 15 is 4.79 Å². The lowest BCUT2D eigenvalue weighted by Gasteiger charge is -2.50. The lowest BCUT2D eigenvalue weighted by atomic mass is 9.73. The Morgan fingerprint density at radius 2 is 1.32 bits per heavy atom. The zero-order valence-electron chi connectivity index (χ0n) is 48.1. The third kappa shape index (κ3) is 14.9. The molecule has 0 spiro atoms. The maximum atomic E-state index is 15.0. The van der Waals surface area contributed by atoms with Crippen LogP contribution >= 0.6 is 0 Å². The minimum Gasteiger partial charge on any atom is -0.459 e. The molecule has 0 amide bonds. The molecule has 18 heteroatoms. The largest absolute Gasteiger partial charge is 0.459 e. The first-order chi connectivity index (χ1) is 37.4. The molecule has 0 saturated carbocycles. The molecule has 3 saturated heterocycles. The number of esters is 3. The van der Waals surface area contributed by atoms with Crippen molar-refractivity contribution in [2.75, 3.05) is 27.8 Å². The van der Waals surface area contributed by atoms with Gasteiger partial charge in [0, 0.05) is 31.3 Å². The van der Waals surface area contributed by atoms with E-state index in [1.807, 2.05) is 46.7 Å². The van der Waals surface area contributed by atoms with Crippen molar-refractivity contribution in [3.05, 3.63) is 120 Å². The summed E-state index contributed by atoms with van der Waals surface area (Å²) in [5, 5.41) is 29.2. The van der Waals surface area contributed by atoms with Crippen LogP contribution in [-0.2, 0) is 52.3 Å². The minimum atomic E-state index is -2.09. The van der Waals surface area contributed by atoms with Crippen molar-refractivity contribution in [1.82, 2.24) is 4.90 Å². The van der Waals surface area contributed by atoms with Gasteiger partial charge < -0.3 is 62.6 Å². The van der Waals surface area contributed by atoms with E-state index in [-0.39, 0.29) is 37.1 Å². The van der Waals surface area contributed by atoms with Crippen LogP contribution in [0.15, 0.2) is 109 Å². The number of hydrogen-bond donors (Lipinski definition) is 2. The van der Waals surface area contributed by atoms with Crippen molar-refractivity contribution in [2.24, 2.45) is 28.8 Å². The van der Waals surface area contributed by atoms with Gasteiger partial charge in [0.2, 0.25) is 0 Å². The van der Waals surface area contributed by atoms with Crippen LogP contribution in [0.4, 0.5) is 0 Å². The molecule has 3 aromatic rings. The zero-order valence-corrected chi connectivity index (χ0v) is 48.1. The molecule has 0 bridgehead atoms. The molecule has 3 aliphatic heterocycles. The number of benzene rings is 3. The number of carbonyl (C=O) groups excluding carboxylic acids is 4. The Bertz CT molecular complexity index is 2510. The van der Waals surface area contributed by atoms with Gasteiger partial charge in [-0.15, -0.1) is 6.58 Å². The molecule has 3 aliphatic rings. The molecular formula is C61H84N2O16. The van der Waals surface area contributed by atoms with Gasteiger partial charge in [-0.25, -0.2) is 14.4 Å². The molecular weight excluding hydrogens is 1020 g/mol. The average molecular weight is 1100 g/mol. The zero-order chi connectivity index (χ0) is 58.0. The molecule has 18 atom stereocenters. The third-order valence-electron chi connectivity index (χ3n) is 16.0. The number of ether oxygens (including phenoxy) is 9. The highest BCUT2D eigenvalue weighted by molar-refractivity contribution is 5.92. The van der Waals surface area contributed by atoms with Crippen LogP contribution in [0.1, 0.15) is 126 Å². The van der Waals surface area contributed by atoms with Gasteiger partial charge in [0.15, 0.2) is 24.8 Å². The maximum absolute atomic E-state index is 15.0. The summed E-state index contributed by atoms with van der Waals surface area (Å²) in [6.45, 7) is 21.3. The monoisotopic (exact) mass is 1100 g/mol. The van der Waals surface area contributed by atoms with Gasteiger partial charge in [-0.1, -0.05) is 93.5 Å². The predicted octanol–water partition coefficient (Wildman–Crippen LogP) is 8.37. The van der Waals surface area contributed by atoms with Gasteiger partial charge in [-0.05, 0) is 111 Å². The quantitative estimate of drug-likeness (QED) is 0.0453. The van der Waals surface area contributed by atoms with Crippen LogP contribution in [0, 0.1) is 23.7 Å². The van der Waals surface area contributed by atoms with Gasteiger partial charge in [0.25, 0.3) is 0 Å². The third-order valence-corrected chi connectivity index (χ3v) is 16.0. The van der Waals surface area contributed by atoms with E-state index in [9.17, 15) is 24.6 Å². The SMILES string of the molecule is C=CCO[C@@]1(C)C[C@H](C)C(=NOC(=O)c2ccccc2)[C@H](C)[C@@H](O)[C@](C)(O)[C@@H](CC)OC(=O)[C@H](C)[C@@H](O[C@H]2C[C@@](C)(OC)[C@@H](OC(=O)c3ccccc3)[C@H](C)O2)[C@H](C)[C@H]1OC1O[C@H](C)C[C@H](N(C)C)[C@H]1OC(=O)c1ccccc1. The van der Waals surface area contributed by atoms with Crippen LogP contribution in [0.25, 0.3) is 0 Å². The molecule has 1 unspecified atom stereocenters. The van der Waals surface area contributed by atoms with E-state index in [1.54, 1.807) is 132 Å². The van der Waals surface area contributed by atoms with Crippen LogP contribution in [-0.4, -0.2) is 157 Å². The Morgan fingerprint density at radius 1 is 0.759 bits per heavy atom. The van der Waals surface area contributed by atoms with Gasteiger partial charge in [0.1, 0.15) is 17.3 Å². The molecule has 0 radical (unpaired) electrons. The Labute approximate surface area is 466 Å². The highest BCUT2D eigenvalue weighted by Gasteiger charge is 2.55. The van der Waals surface area contributed by atoms with Crippen LogP contribution in [0.3, 0.4) is 0 Å². The van der Waals surface area contributed by atoms with Crippen LogP contribution in [0.5, 0.6) is 0 Å². The van der Waals surface area contributed by atoms with Crippen molar-refractivity contribution in [1.29, 1.82) is 0 Å². The molecule has 2 N–H and O–H groups in total. The summed E-state index contributed by atoms with van der Waals surface area (Å²) in [7, 11) is 5.28. The second kappa shape index (κ2) is 27.4. The smallest absolute Gasteiger partial charge is 0.365 e. The number of nitrogens with zero attached hydrogens (tertiary/aromatic N) is 2. The first kappa shape index (κ1) is 62.8. The lowest BCUT2D eigenvalue weighted by Crippen LogP contribution is -2.62. The standard InChI is InChI=1S/C61H84N2O16/c1-15-32-71-60(10)34-36(3)48(62-79-57(68)44-30-24-19-25-31-44)38(5)51(64)61(11,69)46(16-2)74-54(65)40(7)49(75-47-35-59(9,70-14)53(41(8)73-47)77-56(67)43-28-22-18-23-29-43)39(6)52(60)78-58-50(45(63(12)13)33-37(4)72-58)76-55(66)42-26-20-17-21-27-42/h15,17-31,36-41,45-47,49-53,58,64,69H,1,16,32-35H2,2-14H3/t36-,37+,38-,39-,40+,41-,45-,46+,47-,49-,50+,51+,52+,53-,58?,59+,60-,61+/m0/s1. The van der Waals surface area contributed by atoms with Crippen molar-refractivity contribution in [3.63, 3.8) is 0 Å². The second-order valence-electron chi connectivity index (χ2n) is 22.4. The van der Waals surface area contributed by atoms with Crippen molar-refractivity contribution in [3.8, 4) is 0 Å². The van der Waals surface area contributed by atoms with Crippen LogP contribution < -0.4 is 0 Å². The molecule has 18 nitrogen and oxygen atoms in total. The van der Waals surface area contributed by atoms with Gasteiger partial charge >= 0.3 is 23.9 Å². The predicted molar refractivity (Wildman–Crippen MR) is 294 cm³/mol. The number of hydrogen-bond acceptors (Lipinski definition) is 18. The summed E-state index contributed by atoms with van der Waals surface area (Å²) in [5.41, 5.74) is -3.69. The fourth-order valence-corrected chi connectivity index (χ4v) is 11.5. The van der Waals surface area contributed by atoms with E-state index in [4.69, 9.17) is 47.5 Å². The summed E-state index contributed by atoms with van der Waals surface area (Å²) >= 11 is 0. The van der Waals surface area contributed by atoms with E-state index in [0.29, 0.717) is 17.5 Å². The summed E-state index contributed by atoms with van der Waals surface area (Å²) in [6.07, 6.45) is -8.63. The first-order valence-electron chi connectivity index (χ1n) is 27.4. The normalized spacial score (nSPS) is 36.3. The Morgan fingerprint density at radius 3 is 1.85 bits per heavy atom. The molecule has 79 heavy (non-hydrogen) atoms. The number of oxime groups is 1. The van der Waals surface area contributed by atoms with E-state index in [2.05, 4.69) is 11.7 Å².